The number of rotatable bonds is 4. The second-order valence-electron chi connectivity index (χ2n) is 3.77. The number of benzene rings is 2. The number of carbonyl (C=O) groups is 1. The number of nitrogens with one attached hydrogen (secondary N) is 1. The predicted octanol–water partition coefficient (Wildman–Crippen LogP) is 4.12. The van der Waals surface area contributed by atoms with E-state index >= 15 is 0 Å². The minimum Gasteiger partial charge on any atom is -0.483 e. The highest BCUT2D eigenvalue weighted by Crippen LogP contribution is 2.23. The normalized spacial score (nSPS) is 10.0. The molecule has 98 valence electrons. The predicted molar refractivity (Wildman–Crippen MR) is 79.7 cm³/mol. The lowest BCUT2D eigenvalue weighted by Crippen LogP contribution is -2.20. The van der Waals surface area contributed by atoms with Crippen LogP contribution in [-0.2, 0) is 4.79 Å². The number of para-hydroxylation sites is 1. The fraction of sp³-hybridized carbons (Fsp3) is 0.0714. The van der Waals surface area contributed by atoms with Crippen molar-refractivity contribution in [2.24, 2.45) is 0 Å². The molecule has 1 N–H and O–H groups in total. The first-order valence-electron chi connectivity index (χ1n) is 5.58. The topological polar surface area (TPSA) is 38.3 Å². The first-order valence-corrected chi connectivity index (χ1v) is 6.75. The summed E-state index contributed by atoms with van der Waals surface area (Å²) >= 11 is 9.11. The molecule has 0 spiro atoms. The summed E-state index contributed by atoms with van der Waals surface area (Å²) in [6, 6.07) is 14.3. The minimum absolute atomic E-state index is 0.0504. The van der Waals surface area contributed by atoms with E-state index in [0.29, 0.717) is 16.5 Å². The summed E-state index contributed by atoms with van der Waals surface area (Å²) in [6.07, 6.45) is 0. The van der Waals surface area contributed by atoms with E-state index in [2.05, 4.69) is 21.2 Å². The fourth-order valence-corrected chi connectivity index (χ4v) is 1.96. The molecule has 0 saturated carbocycles. The Balaban J connectivity index is 1.88. The third-order valence-electron chi connectivity index (χ3n) is 2.32. The number of anilines is 1. The zero-order valence-corrected chi connectivity index (χ0v) is 12.2. The third-order valence-corrected chi connectivity index (χ3v) is 3.23. The van der Waals surface area contributed by atoms with Crippen molar-refractivity contribution in [3.8, 4) is 5.75 Å². The second kappa shape index (κ2) is 6.59. The van der Waals surface area contributed by atoms with Crippen LogP contribution >= 0.6 is 27.5 Å². The maximum absolute atomic E-state index is 11.7. The molecule has 2 rings (SSSR count). The molecule has 0 aliphatic carbocycles. The van der Waals surface area contributed by atoms with Gasteiger partial charge in [0, 0.05) is 10.7 Å². The molecule has 0 saturated heterocycles. The highest BCUT2D eigenvalue weighted by atomic mass is 79.9. The number of carbonyl (C=O) groups excluding carboxylic acids is 1. The van der Waals surface area contributed by atoms with E-state index in [1.807, 2.05) is 18.2 Å². The summed E-state index contributed by atoms with van der Waals surface area (Å²) in [4.78, 5) is 11.7. The lowest BCUT2D eigenvalue weighted by molar-refractivity contribution is -0.118. The Labute approximate surface area is 124 Å². The van der Waals surface area contributed by atoms with Crippen LogP contribution in [0.3, 0.4) is 0 Å². The second-order valence-corrected chi connectivity index (χ2v) is 5.06. The molecule has 0 heterocycles. The summed E-state index contributed by atoms with van der Waals surface area (Å²) < 4.78 is 6.22. The number of hydrogen-bond donors (Lipinski definition) is 1. The molecule has 0 atom stereocenters. The smallest absolute Gasteiger partial charge is 0.262 e. The van der Waals surface area contributed by atoms with Gasteiger partial charge >= 0.3 is 0 Å². The Morgan fingerprint density at radius 1 is 1.16 bits per heavy atom. The summed E-state index contributed by atoms with van der Waals surface area (Å²) in [5.74, 6) is 0.409. The SMILES string of the molecule is O=C(COc1ccccc1Br)Nc1ccc(Cl)cc1. The summed E-state index contributed by atoms with van der Waals surface area (Å²) in [5.41, 5.74) is 0.685. The molecule has 19 heavy (non-hydrogen) atoms. The molecule has 5 heteroatoms. The molecule has 3 nitrogen and oxygen atoms in total. The highest BCUT2D eigenvalue weighted by molar-refractivity contribution is 9.10. The van der Waals surface area contributed by atoms with Gasteiger partial charge in [0.25, 0.3) is 5.91 Å². The number of hydrogen-bond acceptors (Lipinski definition) is 2. The Bertz CT molecular complexity index is 572. The van der Waals surface area contributed by atoms with E-state index in [9.17, 15) is 4.79 Å². The van der Waals surface area contributed by atoms with Crippen molar-refractivity contribution in [1.82, 2.24) is 0 Å². The van der Waals surface area contributed by atoms with Crippen molar-refractivity contribution in [2.75, 3.05) is 11.9 Å². The quantitative estimate of drug-likeness (QED) is 0.909. The molecule has 2 aromatic carbocycles. The van der Waals surface area contributed by atoms with Gasteiger partial charge in [-0.3, -0.25) is 4.79 Å². The van der Waals surface area contributed by atoms with Gasteiger partial charge in [0.15, 0.2) is 6.61 Å². The van der Waals surface area contributed by atoms with Gasteiger partial charge < -0.3 is 10.1 Å². The van der Waals surface area contributed by atoms with Crippen LogP contribution in [0.5, 0.6) is 5.75 Å². The van der Waals surface area contributed by atoms with Crippen molar-refractivity contribution in [3.63, 3.8) is 0 Å². The molecule has 0 aliphatic rings. The standard InChI is InChI=1S/C14H11BrClNO2/c15-12-3-1-2-4-13(12)19-9-14(18)17-11-7-5-10(16)6-8-11/h1-8H,9H2,(H,17,18). The van der Waals surface area contributed by atoms with Gasteiger partial charge in [0.1, 0.15) is 5.75 Å². The first-order chi connectivity index (χ1) is 9.15. The molecule has 0 aliphatic heterocycles. The van der Waals surface area contributed by atoms with Gasteiger partial charge in [0.05, 0.1) is 4.47 Å². The summed E-state index contributed by atoms with van der Waals surface area (Å²) in [7, 11) is 0. The molecular formula is C14H11BrClNO2. The molecule has 0 radical (unpaired) electrons. The van der Waals surface area contributed by atoms with Gasteiger partial charge in [-0.05, 0) is 52.3 Å². The maximum atomic E-state index is 11.7. The Hall–Kier alpha value is -1.52. The molecule has 0 aromatic heterocycles. The van der Waals surface area contributed by atoms with Crippen LogP contribution in [0.1, 0.15) is 0 Å². The van der Waals surface area contributed by atoms with Gasteiger partial charge in [0.2, 0.25) is 0 Å². The molecule has 0 bridgehead atoms. The van der Waals surface area contributed by atoms with Crippen molar-refractivity contribution in [1.29, 1.82) is 0 Å². The minimum atomic E-state index is -0.224. The van der Waals surface area contributed by atoms with Crippen LogP contribution < -0.4 is 10.1 Å². The van der Waals surface area contributed by atoms with E-state index in [-0.39, 0.29) is 12.5 Å². The van der Waals surface area contributed by atoms with Crippen LogP contribution in [0, 0.1) is 0 Å². The lowest BCUT2D eigenvalue weighted by atomic mass is 10.3. The average molecular weight is 341 g/mol. The zero-order chi connectivity index (χ0) is 13.7. The molecule has 0 fully saturated rings. The van der Waals surface area contributed by atoms with Crippen molar-refractivity contribution >= 4 is 39.1 Å². The fourth-order valence-electron chi connectivity index (χ4n) is 1.44. The Morgan fingerprint density at radius 2 is 1.84 bits per heavy atom. The average Bonchev–Trinajstić information content (AvgIpc) is 2.40. The Morgan fingerprint density at radius 3 is 2.53 bits per heavy atom. The molecular weight excluding hydrogens is 330 g/mol. The summed E-state index contributed by atoms with van der Waals surface area (Å²) in [5, 5.41) is 3.35. The summed E-state index contributed by atoms with van der Waals surface area (Å²) in [6.45, 7) is -0.0504. The van der Waals surface area contributed by atoms with Crippen LogP contribution in [0.2, 0.25) is 5.02 Å². The van der Waals surface area contributed by atoms with Crippen LogP contribution in [0.25, 0.3) is 0 Å². The Kier molecular flexibility index (Phi) is 4.82. The van der Waals surface area contributed by atoms with Gasteiger partial charge in [-0.2, -0.15) is 0 Å². The third kappa shape index (κ3) is 4.26. The largest absolute Gasteiger partial charge is 0.483 e. The molecule has 1 amide bonds. The maximum Gasteiger partial charge on any atom is 0.262 e. The van der Waals surface area contributed by atoms with Gasteiger partial charge in [-0.15, -0.1) is 0 Å². The first kappa shape index (κ1) is 13.9. The molecule has 2 aromatic rings. The van der Waals surface area contributed by atoms with Gasteiger partial charge in [-0.1, -0.05) is 23.7 Å². The van der Waals surface area contributed by atoms with Crippen LogP contribution in [0.15, 0.2) is 53.0 Å². The van der Waals surface area contributed by atoms with E-state index in [4.69, 9.17) is 16.3 Å². The van der Waals surface area contributed by atoms with Crippen molar-refractivity contribution in [2.45, 2.75) is 0 Å². The monoisotopic (exact) mass is 339 g/mol. The van der Waals surface area contributed by atoms with Crippen LogP contribution in [-0.4, -0.2) is 12.5 Å². The van der Waals surface area contributed by atoms with E-state index < -0.39 is 0 Å². The van der Waals surface area contributed by atoms with Crippen molar-refractivity contribution < 1.29 is 9.53 Å². The number of ether oxygens (including phenoxy) is 1. The van der Waals surface area contributed by atoms with Gasteiger partial charge in [-0.25, -0.2) is 0 Å². The lowest BCUT2D eigenvalue weighted by Gasteiger charge is -2.08. The zero-order valence-electron chi connectivity index (χ0n) is 9.90. The molecule has 0 unspecified atom stereocenters. The number of amides is 1. The van der Waals surface area contributed by atoms with E-state index in [0.717, 1.165) is 4.47 Å². The highest BCUT2D eigenvalue weighted by Gasteiger charge is 2.05. The van der Waals surface area contributed by atoms with E-state index in [1.54, 1.807) is 30.3 Å². The van der Waals surface area contributed by atoms with Crippen LogP contribution in [0.4, 0.5) is 5.69 Å². The number of halogens is 2. The van der Waals surface area contributed by atoms with E-state index in [1.165, 1.54) is 0 Å². The van der Waals surface area contributed by atoms with Crippen molar-refractivity contribution in [3.05, 3.63) is 58.0 Å².